The van der Waals surface area contributed by atoms with Crippen molar-refractivity contribution in [2.24, 2.45) is 0 Å². The smallest absolute Gasteiger partial charge is 0.463 e. The zero-order valence-electron chi connectivity index (χ0n) is 23.4. The summed E-state index contributed by atoms with van der Waals surface area (Å²) in [4.78, 5) is 40.3. The third kappa shape index (κ3) is 5.70. The monoisotopic (exact) mass is 574 g/mol. The van der Waals surface area contributed by atoms with Crippen LogP contribution in [0.5, 0.6) is 0 Å². The van der Waals surface area contributed by atoms with Crippen molar-refractivity contribution < 1.29 is 38.5 Å². The second kappa shape index (κ2) is 11.7. The minimum absolute atomic E-state index is 0.0885. The van der Waals surface area contributed by atoms with Crippen molar-refractivity contribution in [3.05, 3.63) is 119 Å². The number of hydrogen-bond donors (Lipinski definition) is 2. The summed E-state index contributed by atoms with van der Waals surface area (Å²) in [7, 11) is -2.88. The van der Waals surface area contributed by atoms with Crippen LogP contribution in [0.3, 0.4) is 0 Å². The molecule has 0 bridgehead atoms. The Labute approximate surface area is 249 Å². The van der Waals surface area contributed by atoms with Gasteiger partial charge >= 0.3 is 20.2 Å². The van der Waals surface area contributed by atoms with E-state index < -0.39 is 31.9 Å². The van der Waals surface area contributed by atoms with Crippen molar-refractivity contribution in [3.8, 4) is 0 Å². The molecule has 10 heteroatoms. The largest absolute Gasteiger partial charge is 0.491 e. The number of Topliss-reactive ketones (excluding diaryl/α,β-unsaturated/α-hetero) is 2. The van der Waals surface area contributed by atoms with Gasteiger partial charge in [0.2, 0.25) is 0 Å². The summed E-state index contributed by atoms with van der Waals surface area (Å²) in [6, 6.07) is 28.1. The highest BCUT2D eigenvalue weighted by Gasteiger charge is 2.51. The number of fused-ring (bicyclic) bond motifs is 2. The molecule has 0 spiro atoms. The topological polar surface area (TPSA) is 119 Å². The molecule has 6 rings (SSSR count). The first-order valence-corrected chi connectivity index (χ1v) is 14.0. The van der Waals surface area contributed by atoms with Gasteiger partial charge in [0.15, 0.2) is 11.6 Å². The van der Waals surface area contributed by atoms with Crippen LogP contribution >= 0.6 is 0 Å². The molecule has 8 nitrogen and oxygen atoms in total. The Morgan fingerprint density at radius 2 is 1.35 bits per heavy atom. The lowest BCUT2D eigenvalue weighted by Crippen LogP contribution is -2.55. The normalized spacial score (nSPS) is 19.6. The van der Waals surface area contributed by atoms with Gasteiger partial charge in [-0.2, -0.15) is 0 Å². The first-order chi connectivity index (χ1) is 20.7. The van der Waals surface area contributed by atoms with E-state index in [1.807, 2.05) is 24.3 Å². The van der Waals surface area contributed by atoms with Crippen molar-refractivity contribution in [1.29, 1.82) is 0 Å². The van der Waals surface area contributed by atoms with E-state index in [9.17, 15) is 24.4 Å². The van der Waals surface area contributed by atoms with Crippen molar-refractivity contribution in [2.45, 2.75) is 31.5 Å². The predicted molar refractivity (Wildman–Crippen MR) is 162 cm³/mol. The summed E-state index contributed by atoms with van der Waals surface area (Å²) in [5.41, 5.74) is 0.196. The molecule has 0 heterocycles. The van der Waals surface area contributed by atoms with Gasteiger partial charge in [-0.1, -0.05) is 84.9 Å². The van der Waals surface area contributed by atoms with Crippen LogP contribution in [0.25, 0.3) is 10.8 Å². The molecule has 0 saturated carbocycles. The number of rotatable bonds is 8. The van der Waals surface area contributed by atoms with Crippen molar-refractivity contribution in [1.82, 2.24) is 0 Å². The number of ether oxygens (including phenoxy) is 1. The third-order valence-corrected chi connectivity index (χ3v) is 7.96. The van der Waals surface area contributed by atoms with E-state index in [4.69, 9.17) is 14.0 Å². The molecule has 0 aliphatic heterocycles. The fourth-order valence-corrected chi connectivity index (χ4v) is 5.89. The summed E-state index contributed by atoms with van der Waals surface area (Å²) in [6.07, 6.45) is -1.35. The minimum atomic E-state index is -1.47. The summed E-state index contributed by atoms with van der Waals surface area (Å²) >= 11 is 0. The van der Waals surface area contributed by atoms with E-state index in [-0.39, 0.29) is 53.3 Å². The Kier molecular flexibility index (Phi) is 7.85. The number of carbonyl (C=O) groups is 3. The summed E-state index contributed by atoms with van der Waals surface area (Å²) in [5.74, 6) is -1.35. The lowest BCUT2D eigenvalue weighted by atomic mass is 9.68. The average Bonchev–Trinajstić information content (AvgIpc) is 3.02. The summed E-state index contributed by atoms with van der Waals surface area (Å²) in [5, 5.41) is 23.8. The van der Waals surface area contributed by atoms with Crippen molar-refractivity contribution in [3.63, 3.8) is 0 Å². The number of esters is 1. The molecule has 4 aromatic rings. The average molecular weight is 574 g/mol. The summed E-state index contributed by atoms with van der Waals surface area (Å²) in [6.45, 7) is 0.926. The van der Waals surface area contributed by atoms with E-state index in [2.05, 4.69) is 0 Å². The maximum atomic E-state index is 14.2. The van der Waals surface area contributed by atoms with Crippen LogP contribution in [0.15, 0.2) is 108 Å². The van der Waals surface area contributed by atoms with E-state index in [1.165, 1.54) is 6.92 Å². The Balaban J connectivity index is 1.46. The van der Waals surface area contributed by atoms with Gasteiger partial charge in [-0.3, -0.25) is 14.4 Å². The molecule has 0 aromatic heterocycles. The molecule has 2 atom stereocenters. The molecule has 2 aliphatic rings. The SMILES string of the molecule is CC(=O)OC[C@]1(OB(O)c2ccccc2)CC2=C(C(=O)c3cc4ccccc4cc3C2=O)[C@@H](OB(O)c2ccccc2)C1. The Morgan fingerprint density at radius 1 is 0.814 bits per heavy atom. The molecular weight excluding hydrogens is 546 g/mol. The van der Waals surface area contributed by atoms with Crippen LogP contribution in [-0.2, 0) is 18.8 Å². The van der Waals surface area contributed by atoms with Crippen molar-refractivity contribution in [2.75, 3.05) is 6.61 Å². The van der Waals surface area contributed by atoms with E-state index in [1.54, 1.807) is 72.8 Å². The van der Waals surface area contributed by atoms with Crippen LogP contribution in [0, 0.1) is 0 Å². The predicted octanol–water partition coefficient (Wildman–Crippen LogP) is 2.79. The first-order valence-electron chi connectivity index (χ1n) is 14.0. The molecule has 0 fully saturated rings. The first kappa shape index (κ1) is 28.8. The minimum Gasteiger partial charge on any atom is -0.463 e. The maximum absolute atomic E-state index is 14.2. The van der Waals surface area contributed by atoms with Gasteiger partial charge in [0, 0.05) is 42.0 Å². The molecule has 2 N–H and O–H groups in total. The second-order valence-corrected chi connectivity index (χ2v) is 10.9. The summed E-state index contributed by atoms with van der Waals surface area (Å²) < 4.78 is 17.8. The molecular formula is C33H28B2O8. The molecule has 43 heavy (non-hydrogen) atoms. The second-order valence-electron chi connectivity index (χ2n) is 10.9. The fourth-order valence-electron chi connectivity index (χ4n) is 5.89. The Morgan fingerprint density at radius 3 is 1.93 bits per heavy atom. The van der Waals surface area contributed by atoms with Gasteiger partial charge in [-0.25, -0.2) is 0 Å². The highest BCUT2D eigenvalue weighted by Crippen LogP contribution is 2.44. The third-order valence-electron chi connectivity index (χ3n) is 7.96. The lowest BCUT2D eigenvalue weighted by molar-refractivity contribution is -0.149. The van der Waals surface area contributed by atoms with Crippen LogP contribution in [0.2, 0.25) is 0 Å². The van der Waals surface area contributed by atoms with Gasteiger partial charge in [0.25, 0.3) is 0 Å². The van der Waals surface area contributed by atoms with Gasteiger partial charge in [-0.15, -0.1) is 0 Å². The van der Waals surface area contributed by atoms with E-state index in [0.717, 1.165) is 10.8 Å². The van der Waals surface area contributed by atoms with Gasteiger partial charge in [-0.05, 0) is 33.8 Å². The van der Waals surface area contributed by atoms with Gasteiger partial charge in [0.05, 0.1) is 11.7 Å². The number of benzene rings is 4. The number of ketones is 2. The molecule has 2 aliphatic carbocycles. The van der Waals surface area contributed by atoms with Gasteiger partial charge < -0.3 is 24.1 Å². The molecule has 0 unspecified atom stereocenters. The van der Waals surface area contributed by atoms with Crippen LogP contribution < -0.4 is 10.9 Å². The molecule has 0 saturated heterocycles. The van der Waals surface area contributed by atoms with E-state index in [0.29, 0.717) is 10.9 Å². The van der Waals surface area contributed by atoms with E-state index >= 15 is 0 Å². The quantitative estimate of drug-likeness (QED) is 0.244. The standard InChI is InChI=1S/C33H28B2O8/c1-21(36)41-20-33(43-35(40)25-14-6-3-7-15-25)18-28-30(29(19-33)42-34(39)24-12-4-2-5-13-24)32(38)27-17-23-11-9-8-10-22(23)16-26(27)31(28)37/h2-17,29,39-40H,18-20H2,1H3/t29-,33-/m0/s1. The van der Waals surface area contributed by atoms with Crippen LogP contribution in [-0.4, -0.2) is 60.1 Å². The Bertz CT molecular complexity index is 1740. The van der Waals surface area contributed by atoms with Crippen molar-refractivity contribution >= 4 is 53.5 Å². The highest BCUT2D eigenvalue weighted by molar-refractivity contribution is 6.60. The molecule has 0 radical (unpaired) electrons. The number of carbonyl (C=O) groups excluding carboxylic acids is 3. The number of hydrogen-bond acceptors (Lipinski definition) is 8. The lowest BCUT2D eigenvalue weighted by Gasteiger charge is -2.44. The maximum Gasteiger partial charge on any atom is 0.491 e. The van der Waals surface area contributed by atoms with Crippen LogP contribution in [0.4, 0.5) is 0 Å². The Hall–Kier alpha value is -4.34. The highest BCUT2D eigenvalue weighted by atomic mass is 16.6. The zero-order chi connectivity index (χ0) is 30.1. The molecule has 4 aromatic carbocycles. The fraction of sp³-hybridized carbons (Fsp3) is 0.182. The molecule has 0 amide bonds. The molecule has 214 valence electrons. The zero-order valence-corrected chi connectivity index (χ0v) is 23.4. The van der Waals surface area contributed by atoms with Crippen LogP contribution in [0.1, 0.15) is 40.5 Å². The van der Waals surface area contributed by atoms with Gasteiger partial charge in [0.1, 0.15) is 6.61 Å².